The fourth-order valence-electron chi connectivity index (χ4n) is 6.86. The molecule has 1 heterocycles. The van der Waals surface area contributed by atoms with Crippen LogP contribution in [0.2, 0.25) is 0 Å². The number of hydrogen-bond acceptors (Lipinski definition) is 1. The molecule has 1 aliphatic rings. The zero-order valence-corrected chi connectivity index (χ0v) is 21.5. The molecule has 0 radical (unpaired) electrons. The van der Waals surface area contributed by atoms with E-state index in [-0.39, 0.29) is 5.41 Å². The minimum Gasteiger partial charge on any atom is -0.464 e. The third kappa shape index (κ3) is 2.76. The van der Waals surface area contributed by atoms with E-state index < -0.39 is 0 Å². The first-order valence-electron chi connectivity index (χ1n) is 13.3. The summed E-state index contributed by atoms with van der Waals surface area (Å²) in [6.45, 7) is 4.73. The van der Waals surface area contributed by atoms with Crippen molar-refractivity contribution >= 4 is 32.3 Å². The van der Waals surface area contributed by atoms with Gasteiger partial charge < -0.3 is 4.42 Å². The van der Waals surface area contributed by atoms with E-state index in [1.54, 1.807) is 6.26 Å². The van der Waals surface area contributed by atoms with Gasteiger partial charge in [-0.05, 0) is 83.9 Å². The van der Waals surface area contributed by atoms with Gasteiger partial charge in [-0.2, -0.15) is 0 Å². The third-order valence-electron chi connectivity index (χ3n) is 8.56. The molecule has 1 aliphatic carbocycles. The van der Waals surface area contributed by atoms with E-state index in [0.717, 1.165) is 11.3 Å². The summed E-state index contributed by atoms with van der Waals surface area (Å²) in [5, 5.41) is 7.53. The molecular formula is C37H26O. The van der Waals surface area contributed by atoms with E-state index in [1.807, 2.05) is 6.07 Å². The summed E-state index contributed by atoms with van der Waals surface area (Å²) < 4.78 is 5.98. The second kappa shape index (κ2) is 7.69. The molecule has 8 rings (SSSR count). The van der Waals surface area contributed by atoms with Gasteiger partial charge in [0.05, 0.1) is 6.26 Å². The average Bonchev–Trinajstić information content (AvgIpc) is 3.57. The number of rotatable bonds is 2. The maximum atomic E-state index is 5.98. The number of benzene rings is 6. The van der Waals surface area contributed by atoms with Crippen molar-refractivity contribution in [2.45, 2.75) is 19.3 Å². The fourth-order valence-corrected chi connectivity index (χ4v) is 6.86. The molecule has 0 aliphatic heterocycles. The van der Waals surface area contributed by atoms with Gasteiger partial charge in [0.25, 0.3) is 0 Å². The summed E-state index contributed by atoms with van der Waals surface area (Å²) in [5.74, 6) is 0.902. The van der Waals surface area contributed by atoms with Crippen molar-refractivity contribution in [1.82, 2.24) is 0 Å². The Hall–Kier alpha value is -4.62. The summed E-state index contributed by atoms with van der Waals surface area (Å²) in [4.78, 5) is 0. The number of fused-ring (bicyclic) bond motifs is 7. The molecule has 38 heavy (non-hydrogen) atoms. The highest BCUT2D eigenvalue weighted by Crippen LogP contribution is 2.54. The lowest BCUT2D eigenvalue weighted by atomic mass is 9.79. The summed E-state index contributed by atoms with van der Waals surface area (Å²) in [7, 11) is 0. The van der Waals surface area contributed by atoms with Crippen molar-refractivity contribution in [3.8, 4) is 33.6 Å². The van der Waals surface area contributed by atoms with Crippen LogP contribution in [0.3, 0.4) is 0 Å². The highest BCUT2D eigenvalue weighted by Gasteiger charge is 2.37. The Bertz CT molecular complexity index is 1980. The van der Waals surface area contributed by atoms with Crippen molar-refractivity contribution in [2.24, 2.45) is 0 Å². The molecule has 0 amide bonds. The Labute approximate surface area is 222 Å². The Morgan fingerprint density at radius 2 is 0.974 bits per heavy atom. The van der Waals surface area contributed by atoms with Crippen molar-refractivity contribution in [2.75, 3.05) is 0 Å². The van der Waals surface area contributed by atoms with Crippen LogP contribution in [0.25, 0.3) is 65.9 Å². The van der Waals surface area contributed by atoms with Crippen molar-refractivity contribution in [3.05, 3.63) is 133 Å². The Balaban J connectivity index is 1.58. The molecule has 180 valence electrons. The second-order valence-electron chi connectivity index (χ2n) is 10.9. The lowest BCUT2D eigenvalue weighted by molar-refractivity contribution is 0.583. The first kappa shape index (κ1) is 21.5. The van der Waals surface area contributed by atoms with Crippen LogP contribution < -0.4 is 0 Å². The molecule has 0 bridgehead atoms. The SMILES string of the molecule is CC1(C)c2ccccc2-c2c1cc(-c1c3ccccc3c(-c3ccco3)c3ccccc13)c1ccccc21. The topological polar surface area (TPSA) is 13.1 Å². The van der Waals surface area contributed by atoms with E-state index >= 15 is 0 Å². The summed E-state index contributed by atoms with van der Waals surface area (Å²) in [5.41, 5.74) is 9.20. The number of hydrogen-bond donors (Lipinski definition) is 0. The molecule has 1 aromatic heterocycles. The van der Waals surface area contributed by atoms with Crippen LogP contribution in [0, 0.1) is 0 Å². The van der Waals surface area contributed by atoms with E-state index in [1.165, 1.54) is 65.7 Å². The van der Waals surface area contributed by atoms with Crippen LogP contribution in [0.5, 0.6) is 0 Å². The van der Waals surface area contributed by atoms with Crippen LogP contribution in [-0.2, 0) is 5.41 Å². The van der Waals surface area contributed by atoms with E-state index in [0.29, 0.717) is 0 Å². The molecule has 0 unspecified atom stereocenters. The Morgan fingerprint density at radius 3 is 1.58 bits per heavy atom. The smallest absolute Gasteiger partial charge is 0.135 e. The molecule has 1 nitrogen and oxygen atoms in total. The monoisotopic (exact) mass is 486 g/mol. The first-order chi connectivity index (χ1) is 18.6. The second-order valence-corrected chi connectivity index (χ2v) is 10.9. The average molecular weight is 487 g/mol. The van der Waals surface area contributed by atoms with Crippen LogP contribution in [0.1, 0.15) is 25.0 Å². The maximum Gasteiger partial charge on any atom is 0.135 e. The van der Waals surface area contributed by atoms with Gasteiger partial charge in [-0.1, -0.05) is 111 Å². The van der Waals surface area contributed by atoms with Gasteiger partial charge in [0, 0.05) is 11.0 Å². The van der Waals surface area contributed by atoms with Crippen LogP contribution >= 0.6 is 0 Å². The van der Waals surface area contributed by atoms with Gasteiger partial charge >= 0.3 is 0 Å². The number of furan rings is 1. The molecule has 0 fully saturated rings. The zero-order chi connectivity index (χ0) is 25.4. The Kier molecular flexibility index (Phi) is 4.35. The third-order valence-corrected chi connectivity index (χ3v) is 8.56. The van der Waals surface area contributed by atoms with E-state index in [2.05, 4.69) is 123 Å². The van der Waals surface area contributed by atoms with Gasteiger partial charge in [0.1, 0.15) is 5.76 Å². The van der Waals surface area contributed by atoms with Crippen molar-refractivity contribution in [3.63, 3.8) is 0 Å². The summed E-state index contributed by atoms with van der Waals surface area (Å²) >= 11 is 0. The van der Waals surface area contributed by atoms with Crippen molar-refractivity contribution < 1.29 is 4.42 Å². The van der Waals surface area contributed by atoms with E-state index in [4.69, 9.17) is 4.42 Å². The zero-order valence-electron chi connectivity index (χ0n) is 21.5. The molecule has 0 saturated heterocycles. The van der Waals surface area contributed by atoms with Gasteiger partial charge in [-0.25, -0.2) is 0 Å². The standard InChI is InChI=1S/C37H26O/c1-37(2)31-19-10-9-18-29(31)35-24-13-4-3-12-23(24)30(22-32(35)37)34-25-14-5-7-16-27(25)36(33-20-11-21-38-33)28-17-8-6-15-26(28)34/h3-22H,1-2H3. The quantitative estimate of drug-likeness (QED) is 0.222. The minimum absolute atomic E-state index is 0.0789. The van der Waals surface area contributed by atoms with Gasteiger partial charge in [-0.3, -0.25) is 0 Å². The minimum atomic E-state index is -0.0789. The molecule has 0 saturated carbocycles. The predicted octanol–water partition coefficient (Wildman–Crippen LogP) is 10.4. The molecule has 0 atom stereocenters. The molecule has 0 spiro atoms. The van der Waals surface area contributed by atoms with E-state index in [9.17, 15) is 0 Å². The molecule has 7 aromatic rings. The molecule has 1 heteroatoms. The Morgan fingerprint density at radius 1 is 0.447 bits per heavy atom. The van der Waals surface area contributed by atoms with Crippen LogP contribution in [0.4, 0.5) is 0 Å². The highest BCUT2D eigenvalue weighted by atomic mass is 16.3. The maximum absolute atomic E-state index is 5.98. The lowest BCUT2D eigenvalue weighted by Crippen LogP contribution is -2.15. The van der Waals surface area contributed by atoms with Crippen LogP contribution in [-0.4, -0.2) is 0 Å². The highest BCUT2D eigenvalue weighted by molar-refractivity contribution is 6.24. The molecule has 0 N–H and O–H groups in total. The normalized spacial score (nSPS) is 13.7. The molecular weight excluding hydrogens is 460 g/mol. The van der Waals surface area contributed by atoms with Crippen LogP contribution in [0.15, 0.2) is 126 Å². The van der Waals surface area contributed by atoms with Crippen molar-refractivity contribution in [1.29, 1.82) is 0 Å². The lowest BCUT2D eigenvalue weighted by Gasteiger charge is -2.24. The van der Waals surface area contributed by atoms with Gasteiger partial charge in [0.15, 0.2) is 0 Å². The fraction of sp³-hybridized carbons (Fsp3) is 0.0811. The molecule has 6 aromatic carbocycles. The van der Waals surface area contributed by atoms with Gasteiger partial charge in [-0.15, -0.1) is 0 Å². The summed E-state index contributed by atoms with van der Waals surface area (Å²) in [6, 6.07) is 42.0. The first-order valence-corrected chi connectivity index (χ1v) is 13.3. The largest absolute Gasteiger partial charge is 0.464 e. The van der Waals surface area contributed by atoms with Gasteiger partial charge in [0.2, 0.25) is 0 Å². The summed E-state index contributed by atoms with van der Waals surface area (Å²) in [6.07, 6.45) is 1.76. The predicted molar refractivity (Wildman–Crippen MR) is 160 cm³/mol.